The van der Waals surface area contributed by atoms with E-state index in [-0.39, 0.29) is 13.0 Å². The van der Waals surface area contributed by atoms with Gasteiger partial charge in [-0.25, -0.2) is 0 Å². The average Bonchev–Trinajstić information content (AvgIpc) is 2.65. The van der Waals surface area contributed by atoms with Crippen LogP contribution in [0.3, 0.4) is 0 Å². The monoisotopic (exact) mass is 370 g/mol. The molecule has 142 valence electrons. The van der Waals surface area contributed by atoms with E-state index in [1.54, 1.807) is 36.4 Å². The Balaban J connectivity index is 2.00. The van der Waals surface area contributed by atoms with Gasteiger partial charge in [0.1, 0.15) is 5.75 Å². The molecule has 0 radical (unpaired) electrons. The minimum Gasteiger partial charge on any atom is -0.497 e. The van der Waals surface area contributed by atoms with Gasteiger partial charge in [-0.3, -0.25) is 14.4 Å². The lowest BCUT2D eigenvalue weighted by Gasteiger charge is -2.19. The van der Waals surface area contributed by atoms with Gasteiger partial charge in [-0.05, 0) is 36.2 Å². The minimum absolute atomic E-state index is 0.250. The molecule has 27 heavy (non-hydrogen) atoms. The van der Waals surface area contributed by atoms with Crippen molar-refractivity contribution in [1.29, 1.82) is 0 Å². The molecule has 2 rings (SSSR count). The topological polar surface area (TPSA) is 105 Å². The molecular weight excluding hydrogens is 348 g/mol. The Morgan fingerprint density at radius 1 is 1.11 bits per heavy atom. The highest BCUT2D eigenvalue weighted by molar-refractivity contribution is 5.96. The van der Waals surface area contributed by atoms with E-state index in [2.05, 4.69) is 10.6 Å². The van der Waals surface area contributed by atoms with E-state index in [1.807, 2.05) is 19.1 Å². The molecule has 0 fully saturated rings. The SMILES string of the molecule is COc1cccc(C(=O)NCC(=O)NC(CC(=O)O)c2ccccc2C)c1. The van der Waals surface area contributed by atoms with Crippen LogP contribution in [0.5, 0.6) is 5.75 Å². The summed E-state index contributed by atoms with van der Waals surface area (Å²) in [6.45, 7) is 1.58. The maximum Gasteiger partial charge on any atom is 0.305 e. The van der Waals surface area contributed by atoms with Crippen molar-refractivity contribution in [3.05, 3.63) is 65.2 Å². The van der Waals surface area contributed by atoms with Gasteiger partial charge in [0.15, 0.2) is 0 Å². The van der Waals surface area contributed by atoms with Crippen LogP contribution in [0.15, 0.2) is 48.5 Å². The van der Waals surface area contributed by atoms with Crippen molar-refractivity contribution < 1.29 is 24.2 Å². The molecule has 0 aliphatic rings. The van der Waals surface area contributed by atoms with E-state index in [0.717, 1.165) is 11.1 Å². The molecule has 2 aromatic rings. The Bertz CT molecular complexity index is 835. The van der Waals surface area contributed by atoms with Crippen LogP contribution in [0.25, 0.3) is 0 Å². The number of benzene rings is 2. The maximum absolute atomic E-state index is 12.2. The van der Waals surface area contributed by atoms with Gasteiger partial charge in [0.05, 0.1) is 26.1 Å². The van der Waals surface area contributed by atoms with Crippen LogP contribution in [0.2, 0.25) is 0 Å². The van der Waals surface area contributed by atoms with E-state index >= 15 is 0 Å². The molecule has 1 atom stereocenters. The number of rotatable bonds is 8. The fourth-order valence-electron chi connectivity index (χ4n) is 2.66. The van der Waals surface area contributed by atoms with Crippen LogP contribution >= 0.6 is 0 Å². The first-order valence-electron chi connectivity index (χ1n) is 8.39. The van der Waals surface area contributed by atoms with Gasteiger partial charge in [0, 0.05) is 5.56 Å². The Hall–Kier alpha value is -3.35. The van der Waals surface area contributed by atoms with Crippen molar-refractivity contribution in [2.45, 2.75) is 19.4 Å². The summed E-state index contributed by atoms with van der Waals surface area (Å²) in [7, 11) is 1.50. The van der Waals surface area contributed by atoms with Gasteiger partial charge in [0.2, 0.25) is 5.91 Å². The van der Waals surface area contributed by atoms with Crippen molar-refractivity contribution in [2.75, 3.05) is 13.7 Å². The van der Waals surface area contributed by atoms with Crippen LogP contribution < -0.4 is 15.4 Å². The van der Waals surface area contributed by atoms with Crippen LogP contribution in [0, 0.1) is 6.92 Å². The summed E-state index contributed by atoms with van der Waals surface area (Å²) in [6.07, 6.45) is -0.250. The number of amides is 2. The van der Waals surface area contributed by atoms with Gasteiger partial charge < -0.3 is 20.5 Å². The van der Waals surface area contributed by atoms with Gasteiger partial charge in [0.25, 0.3) is 5.91 Å². The number of carboxylic acids is 1. The van der Waals surface area contributed by atoms with Crippen molar-refractivity contribution in [3.8, 4) is 5.75 Å². The molecule has 2 amide bonds. The summed E-state index contributed by atoms with van der Waals surface area (Å²) in [5, 5.41) is 14.3. The Labute approximate surface area is 157 Å². The zero-order chi connectivity index (χ0) is 19.8. The van der Waals surface area contributed by atoms with Crippen molar-refractivity contribution in [3.63, 3.8) is 0 Å². The Morgan fingerprint density at radius 2 is 1.85 bits per heavy atom. The lowest BCUT2D eigenvalue weighted by Crippen LogP contribution is -2.39. The molecule has 1 unspecified atom stereocenters. The predicted octanol–water partition coefficient (Wildman–Crippen LogP) is 2.07. The van der Waals surface area contributed by atoms with E-state index in [0.29, 0.717) is 11.3 Å². The minimum atomic E-state index is -1.02. The summed E-state index contributed by atoms with van der Waals surface area (Å²) in [5.74, 6) is -1.38. The quantitative estimate of drug-likeness (QED) is 0.660. The largest absolute Gasteiger partial charge is 0.497 e. The van der Waals surface area contributed by atoms with Gasteiger partial charge >= 0.3 is 5.97 Å². The first-order valence-corrected chi connectivity index (χ1v) is 8.39. The third-order valence-electron chi connectivity index (χ3n) is 4.02. The number of aliphatic carboxylic acids is 1. The number of nitrogens with one attached hydrogen (secondary N) is 2. The Kier molecular flexibility index (Phi) is 6.93. The standard InChI is InChI=1S/C20H22N2O5/c1-13-6-3-4-9-16(13)17(11-19(24)25)22-18(23)12-21-20(26)14-7-5-8-15(10-14)27-2/h3-10,17H,11-12H2,1-2H3,(H,21,26)(H,22,23)(H,24,25). The second kappa shape index (κ2) is 9.38. The molecule has 0 spiro atoms. The van der Waals surface area contributed by atoms with Crippen LogP contribution in [0.4, 0.5) is 0 Å². The molecule has 0 aliphatic heterocycles. The van der Waals surface area contributed by atoms with Crippen LogP contribution in [0.1, 0.15) is 33.9 Å². The fraction of sp³-hybridized carbons (Fsp3) is 0.250. The molecule has 2 aromatic carbocycles. The third-order valence-corrected chi connectivity index (χ3v) is 4.02. The van der Waals surface area contributed by atoms with Gasteiger partial charge in [-0.2, -0.15) is 0 Å². The second-order valence-electron chi connectivity index (χ2n) is 5.99. The van der Waals surface area contributed by atoms with E-state index in [1.165, 1.54) is 7.11 Å². The van der Waals surface area contributed by atoms with Gasteiger partial charge in [-0.15, -0.1) is 0 Å². The summed E-state index contributed by atoms with van der Waals surface area (Å²) in [6, 6.07) is 13.1. The summed E-state index contributed by atoms with van der Waals surface area (Å²) < 4.78 is 5.07. The predicted molar refractivity (Wildman–Crippen MR) is 99.6 cm³/mol. The zero-order valence-electron chi connectivity index (χ0n) is 15.2. The number of methoxy groups -OCH3 is 1. The number of hydrogen-bond acceptors (Lipinski definition) is 4. The first kappa shape index (κ1) is 20.0. The second-order valence-corrected chi connectivity index (χ2v) is 5.99. The van der Waals surface area contributed by atoms with E-state index < -0.39 is 23.8 Å². The number of aryl methyl sites for hydroxylation is 1. The van der Waals surface area contributed by atoms with E-state index in [4.69, 9.17) is 9.84 Å². The fourth-order valence-corrected chi connectivity index (χ4v) is 2.66. The number of carboxylic acid groups (broad SMARTS) is 1. The molecule has 7 nitrogen and oxygen atoms in total. The normalized spacial score (nSPS) is 11.3. The summed E-state index contributed by atoms with van der Waals surface area (Å²) in [4.78, 5) is 35.6. The number of ether oxygens (including phenoxy) is 1. The number of carbonyl (C=O) groups excluding carboxylic acids is 2. The Morgan fingerprint density at radius 3 is 2.52 bits per heavy atom. The molecule has 3 N–H and O–H groups in total. The maximum atomic E-state index is 12.2. The molecular formula is C20H22N2O5. The molecule has 0 aliphatic carbocycles. The molecule has 0 saturated heterocycles. The molecule has 0 saturated carbocycles. The number of hydrogen-bond donors (Lipinski definition) is 3. The van der Waals surface area contributed by atoms with Crippen molar-refractivity contribution in [1.82, 2.24) is 10.6 Å². The van der Waals surface area contributed by atoms with Crippen molar-refractivity contribution in [2.24, 2.45) is 0 Å². The summed E-state index contributed by atoms with van der Waals surface area (Å²) >= 11 is 0. The van der Waals surface area contributed by atoms with Crippen molar-refractivity contribution >= 4 is 17.8 Å². The van der Waals surface area contributed by atoms with Gasteiger partial charge in [-0.1, -0.05) is 30.3 Å². The lowest BCUT2D eigenvalue weighted by molar-refractivity contribution is -0.137. The van der Waals surface area contributed by atoms with Crippen LogP contribution in [-0.2, 0) is 9.59 Å². The third kappa shape index (κ3) is 5.85. The molecule has 7 heteroatoms. The highest BCUT2D eigenvalue weighted by Crippen LogP contribution is 2.20. The first-order chi connectivity index (χ1) is 12.9. The lowest BCUT2D eigenvalue weighted by atomic mass is 9.99. The highest BCUT2D eigenvalue weighted by Gasteiger charge is 2.20. The molecule has 0 heterocycles. The average molecular weight is 370 g/mol. The summed E-state index contributed by atoms with van der Waals surface area (Å²) in [5.41, 5.74) is 1.97. The number of carbonyl (C=O) groups is 3. The molecule has 0 aromatic heterocycles. The smallest absolute Gasteiger partial charge is 0.305 e. The van der Waals surface area contributed by atoms with E-state index in [9.17, 15) is 14.4 Å². The highest BCUT2D eigenvalue weighted by atomic mass is 16.5. The zero-order valence-corrected chi connectivity index (χ0v) is 15.2. The molecule has 0 bridgehead atoms. The van der Waals surface area contributed by atoms with Crippen LogP contribution in [-0.4, -0.2) is 36.5 Å².